The van der Waals surface area contributed by atoms with Crippen LogP contribution >= 0.6 is 23.4 Å². The van der Waals surface area contributed by atoms with Crippen molar-refractivity contribution in [1.29, 1.82) is 5.26 Å². The predicted octanol–water partition coefficient (Wildman–Crippen LogP) is 8.18. The lowest BCUT2D eigenvalue weighted by atomic mass is 9.99. The van der Waals surface area contributed by atoms with Crippen molar-refractivity contribution in [2.45, 2.75) is 11.6 Å². The molecule has 1 heterocycles. The minimum atomic E-state index is -0.486. The summed E-state index contributed by atoms with van der Waals surface area (Å²) in [6.07, 6.45) is 0. The van der Waals surface area contributed by atoms with Crippen LogP contribution in [0.5, 0.6) is 5.75 Å². The molecule has 0 saturated carbocycles. The molecule has 4 aromatic carbocycles. The number of nitro groups is 1. The van der Waals surface area contributed by atoms with Crippen molar-refractivity contribution in [2.75, 3.05) is 17.8 Å². The van der Waals surface area contributed by atoms with Crippen LogP contribution in [0.1, 0.15) is 11.1 Å². The zero-order valence-corrected chi connectivity index (χ0v) is 25.1. The lowest BCUT2D eigenvalue weighted by molar-refractivity contribution is -0.384. The summed E-state index contributed by atoms with van der Waals surface area (Å²) in [5, 5.41) is 22.5. The minimum Gasteiger partial charge on any atom is -0.497 e. The van der Waals surface area contributed by atoms with Gasteiger partial charge in [-0.25, -0.2) is 4.98 Å². The Balaban J connectivity index is 1.50. The van der Waals surface area contributed by atoms with Crippen LogP contribution in [0.3, 0.4) is 0 Å². The number of anilines is 1. The molecule has 1 amide bonds. The van der Waals surface area contributed by atoms with Crippen LogP contribution in [0.2, 0.25) is 5.02 Å². The molecule has 8 nitrogen and oxygen atoms in total. The Labute approximate surface area is 263 Å². The average Bonchev–Trinajstić information content (AvgIpc) is 3.07. The van der Waals surface area contributed by atoms with E-state index in [0.717, 1.165) is 16.7 Å². The van der Waals surface area contributed by atoms with Crippen molar-refractivity contribution in [1.82, 2.24) is 4.98 Å². The number of benzene rings is 4. The number of carbonyl (C=O) groups is 1. The summed E-state index contributed by atoms with van der Waals surface area (Å²) >= 11 is 7.23. The molecule has 0 aliphatic carbocycles. The van der Waals surface area contributed by atoms with Crippen LogP contribution in [0.15, 0.2) is 114 Å². The molecule has 44 heavy (non-hydrogen) atoms. The number of hydrogen-bond donors (Lipinski definition) is 0. The number of thioether (sulfide) groups is 1. The maximum atomic E-state index is 13.8. The van der Waals surface area contributed by atoms with Crippen molar-refractivity contribution in [2.24, 2.45) is 0 Å². The molecule has 5 aromatic rings. The Morgan fingerprint density at radius 2 is 1.66 bits per heavy atom. The molecule has 0 unspecified atom stereocenters. The largest absolute Gasteiger partial charge is 0.497 e. The van der Waals surface area contributed by atoms with Gasteiger partial charge in [-0.3, -0.25) is 14.9 Å². The standard InChI is InChI=1S/C34H25ClN4O4S/c1-43-29-17-9-24(10-18-29)30-19-32(25-5-3-2-4-6-25)37-34(31(30)20-36)44-22-33(40)38(21-23-7-11-26(35)12-8-23)27-13-15-28(16-14-27)39(41)42/h2-19H,21-22H2,1H3. The fraction of sp³-hybridized carbons (Fsp3) is 0.0882. The van der Waals surface area contributed by atoms with Gasteiger partial charge in [-0.2, -0.15) is 5.26 Å². The van der Waals surface area contributed by atoms with E-state index in [0.29, 0.717) is 38.3 Å². The number of nitrogens with zero attached hydrogens (tertiary/aromatic N) is 4. The number of halogens is 1. The third kappa shape index (κ3) is 7.06. The molecule has 0 saturated heterocycles. The van der Waals surface area contributed by atoms with Gasteiger partial charge in [0.1, 0.15) is 16.8 Å². The molecule has 0 aliphatic rings. The topological polar surface area (TPSA) is 109 Å². The second-order valence-electron chi connectivity index (χ2n) is 9.61. The molecule has 0 spiro atoms. The van der Waals surface area contributed by atoms with E-state index in [1.807, 2.05) is 72.8 Å². The maximum Gasteiger partial charge on any atom is 0.269 e. The van der Waals surface area contributed by atoms with Crippen molar-refractivity contribution < 1.29 is 14.5 Å². The Kier molecular flexibility index (Phi) is 9.55. The van der Waals surface area contributed by atoms with Gasteiger partial charge in [-0.05, 0) is 53.6 Å². The van der Waals surface area contributed by atoms with E-state index >= 15 is 0 Å². The molecular formula is C34H25ClN4O4S. The molecule has 10 heteroatoms. The molecule has 0 aliphatic heterocycles. The first-order valence-electron chi connectivity index (χ1n) is 13.4. The number of nitriles is 1. The molecule has 0 radical (unpaired) electrons. The highest BCUT2D eigenvalue weighted by Gasteiger charge is 2.21. The summed E-state index contributed by atoms with van der Waals surface area (Å²) in [6.45, 7) is 0.216. The number of ether oxygens (including phenoxy) is 1. The molecule has 0 atom stereocenters. The second kappa shape index (κ2) is 13.9. The van der Waals surface area contributed by atoms with Gasteiger partial charge < -0.3 is 9.64 Å². The van der Waals surface area contributed by atoms with Crippen LogP contribution in [0.25, 0.3) is 22.4 Å². The van der Waals surface area contributed by atoms with Gasteiger partial charge in [-0.15, -0.1) is 0 Å². The van der Waals surface area contributed by atoms with Crippen LogP contribution in [0, 0.1) is 21.4 Å². The number of carbonyl (C=O) groups excluding carboxylic acids is 1. The Hall–Kier alpha value is -5.17. The predicted molar refractivity (Wildman–Crippen MR) is 173 cm³/mol. The summed E-state index contributed by atoms with van der Waals surface area (Å²) in [4.78, 5) is 30.9. The lowest BCUT2D eigenvalue weighted by Crippen LogP contribution is -2.32. The fourth-order valence-electron chi connectivity index (χ4n) is 4.55. The molecule has 218 valence electrons. The molecule has 0 fully saturated rings. The number of non-ortho nitro benzene ring substituents is 1. The summed E-state index contributed by atoms with van der Waals surface area (Å²) in [5.74, 6) is 0.393. The maximum absolute atomic E-state index is 13.8. The van der Waals surface area contributed by atoms with Gasteiger partial charge in [0.2, 0.25) is 5.91 Å². The van der Waals surface area contributed by atoms with Gasteiger partial charge in [0.25, 0.3) is 5.69 Å². The summed E-state index contributed by atoms with van der Waals surface area (Å²) < 4.78 is 5.31. The summed E-state index contributed by atoms with van der Waals surface area (Å²) in [7, 11) is 1.59. The highest BCUT2D eigenvalue weighted by Crippen LogP contribution is 2.35. The summed E-state index contributed by atoms with van der Waals surface area (Å²) in [6, 6.07) is 34.2. The molecular weight excluding hydrogens is 596 g/mol. The number of methoxy groups -OCH3 is 1. The van der Waals surface area contributed by atoms with Crippen LogP contribution in [0.4, 0.5) is 11.4 Å². The Morgan fingerprint density at radius 1 is 0.977 bits per heavy atom. The zero-order chi connectivity index (χ0) is 31.1. The first kappa shape index (κ1) is 30.3. The van der Waals surface area contributed by atoms with Gasteiger partial charge in [0.05, 0.1) is 35.6 Å². The molecule has 0 N–H and O–H groups in total. The molecule has 0 bridgehead atoms. The fourth-order valence-corrected chi connectivity index (χ4v) is 5.55. The second-order valence-corrected chi connectivity index (χ2v) is 11.0. The van der Waals surface area contributed by atoms with E-state index in [2.05, 4.69) is 6.07 Å². The first-order valence-corrected chi connectivity index (χ1v) is 14.8. The van der Waals surface area contributed by atoms with Crippen molar-refractivity contribution >= 4 is 40.6 Å². The van der Waals surface area contributed by atoms with Crippen LogP contribution in [-0.2, 0) is 11.3 Å². The van der Waals surface area contributed by atoms with Crippen molar-refractivity contribution in [3.63, 3.8) is 0 Å². The van der Waals surface area contributed by atoms with Gasteiger partial charge in [-0.1, -0.05) is 78.0 Å². The van der Waals surface area contributed by atoms with E-state index in [4.69, 9.17) is 21.3 Å². The van der Waals surface area contributed by atoms with Crippen LogP contribution in [-0.4, -0.2) is 28.7 Å². The van der Waals surface area contributed by atoms with Gasteiger partial charge in [0, 0.05) is 34.0 Å². The van der Waals surface area contributed by atoms with Crippen LogP contribution < -0.4 is 9.64 Å². The number of nitro benzene ring substituents is 1. The number of pyridine rings is 1. The van der Waals surface area contributed by atoms with Crippen molar-refractivity contribution in [3.05, 3.63) is 135 Å². The van der Waals surface area contributed by atoms with Crippen molar-refractivity contribution in [3.8, 4) is 34.2 Å². The zero-order valence-electron chi connectivity index (χ0n) is 23.5. The third-order valence-corrected chi connectivity index (χ3v) is 8.04. The van der Waals surface area contributed by atoms with E-state index < -0.39 is 4.92 Å². The quantitative estimate of drug-likeness (QED) is 0.0879. The monoisotopic (exact) mass is 620 g/mol. The Morgan fingerprint density at radius 3 is 2.27 bits per heavy atom. The van der Waals surface area contributed by atoms with E-state index in [-0.39, 0.29) is 23.9 Å². The Bertz CT molecular complexity index is 1830. The normalized spacial score (nSPS) is 10.6. The SMILES string of the molecule is COc1ccc(-c2cc(-c3ccccc3)nc(SCC(=O)N(Cc3ccc(Cl)cc3)c3ccc([N+](=O)[O-])cc3)c2C#N)cc1. The molecule has 5 rings (SSSR count). The van der Waals surface area contributed by atoms with E-state index in [9.17, 15) is 20.2 Å². The van der Waals surface area contributed by atoms with Gasteiger partial charge in [0.15, 0.2) is 0 Å². The average molecular weight is 621 g/mol. The lowest BCUT2D eigenvalue weighted by Gasteiger charge is -2.23. The van der Waals surface area contributed by atoms with E-state index in [1.54, 1.807) is 36.3 Å². The van der Waals surface area contributed by atoms with Gasteiger partial charge >= 0.3 is 0 Å². The highest BCUT2D eigenvalue weighted by molar-refractivity contribution is 8.00. The minimum absolute atomic E-state index is 0.0352. The third-order valence-electron chi connectivity index (χ3n) is 6.83. The molecule has 1 aromatic heterocycles. The summed E-state index contributed by atoms with van der Waals surface area (Å²) in [5.41, 5.74) is 4.64. The van der Waals surface area contributed by atoms with E-state index in [1.165, 1.54) is 23.9 Å². The highest BCUT2D eigenvalue weighted by atomic mass is 35.5. The smallest absolute Gasteiger partial charge is 0.269 e. The number of aromatic nitrogens is 1. The first-order chi connectivity index (χ1) is 21.4. The number of rotatable bonds is 10. The number of amides is 1. The number of hydrogen-bond acceptors (Lipinski definition) is 7.